The summed E-state index contributed by atoms with van der Waals surface area (Å²) in [6.07, 6.45) is 2.64. The van der Waals surface area contributed by atoms with Crippen LogP contribution in [0.1, 0.15) is 47.0 Å². The molecule has 0 aliphatic carbocycles. The number of piperidine rings is 1. The number of aliphatic hydroxyl groups is 1. The minimum absolute atomic E-state index is 0.102. The molecular weight excluding hydrogens is 244 g/mol. The maximum atomic E-state index is 9.83. The van der Waals surface area contributed by atoms with Gasteiger partial charge in [0.05, 0.1) is 6.10 Å². The number of nitrogens with one attached hydrogen (secondary N) is 1. The fourth-order valence-corrected chi connectivity index (χ4v) is 1.98. The summed E-state index contributed by atoms with van der Waals surface area (Å²) in [5.74, 6) is 0. The first-order valence-corrected chi connectivity index (χ1v) is 6.95. The molecule has 0 spiro atoms. The monoisotopic (exact) mass is 274 g/mol. The summed E-state index contributed by atoms with van der Waals surface area (Å²) >= 11 is 0. The molecule has 4 N–H and O–H groups in total. The van der Waals surface area contributed by atoms with Gasteiger partial charge in [0.1, 0.15) is 5.60 Å². The van der Waals surface area contributed by atoms with Gasteiger partial charge >= 0.3 is 0 Å². The molecule has 1 atom stereocenters. The number of carbonyl (C=O) groups excluding carboxylic acids is 1. The van der Waals surface area contributed by atoms with E-state index in [0.717, 1.165) is 32.4 Å². The summed E-state index contributed by atoms with van der Waals surface area (Å²) in [6, 6.07) is 0. The average molecular weight is 274 g/mol. The highest BCUT2D eigenvalue weighted by molar-refractivity contribution is 5.37. The predicted molar refractivity (Wildman–Crippen MR) is 76.8 cm³/mol. The third-order valence-electron chi connectivity index (χ3n) is 3.39. The van der Waals surface area contributed by atoms with Crippen molar-refractivity contribution in [2.24, 2.45) is 11.1 Å². The Hall–Kier alpha value is -0.650. The summed E-state index contributed by atoms with van der Waals surface area (Å²) in [7, 11) is 0. The lowest BCUT2D eigenvalue weighted by atomic mass is 9.75. The number of nitrogens with two attached hydrogens (primary N) is 1. The van der Waals surface area contributed by atoms with Crippen LogP contribution in [-0.4, -0.2) is 42.9 Å². The van der Waals surface area contributed by atoms with Gasteiger partial charge < -0.3 is 20.9 Å². The van der Waals surface area contributed by atoms with Crippen molar-refractivity contribution >= 4 is 6.47 Å². The van der Waals surface area contributed by atoms with Crippen LogP contribution < -0.4 is 11.1 Å². The molecule has 114 valence electrons. The molecule has 0 saturated carbocycles. The van der Waals surface area contributed by atoms with Crippen LogP contribution in [0.3, 0.4) is 0 Å². The Balaban J connectivity index is 0.000000399. The Kier molecular flexibility index (Phi) is 8.22. The maximum absolute atomic E-state index is 9.83. The lowest BCUT2D eigenvalue weighted by Crippen LogP contribution is -2.43. The van der Waals surface area contributed by atoms with E-state index in [1.165, 1.54) is 0 Å². The second-order valence-electron chi connectivity index (χ2n) is 6.32. The van der Waals surface area contributed by atoms with E-state index >= 15 is 0 Å². The third-order valence-corrected chi connectivity index (χ3v) is 3.39. The summed E-state index contributed by atoms with van der Waals surface area (Å²) in [5, 5.41) is 13.1. The van der Waals surface area contributed by atoms with Crippen molar-refractivity contribution in [3.05, 3.63) is 0 Å². The molecule has 0 aromatic heterocycles. The van der Waals surface area contributed by atoms with Crippen molar-refractivity contribution in [2.75, 3.05) is 19.6 Å². The zero-order valence-electron chi connectivity index (χ0n) is 12.7. The standard InChI is InChI=1S/C9H20N2O.C5H10O2/c1-9(8(12)2-5-10)3-6-11-7-4-9;1-5(2,3)7-4-6/h8,11-12H,2-7,10H2,1H3;4H,1-3H3. The molecule has 0 bridgehead atoms. The van der Waals surface area contributed by atoms with E-state index in [1.807, 2.05) is 20.8 Å². The van der Waals surface area contributed by atoms with Crippen molar-refractivity contribution in [2.45, 2.75) is 58.7 Å². The number of rotatable bonds is 4. The molecule has 5 nitrogen and oxygen atoms in total. The molecule has 1 aliphatic rings. The van der Waals surface area contributed by atoms with Gasteiger partial charge in [-0.15, -0.1) is 0 Å². The predicted octanol–water partition coefficient (Wildman–Crippen LogP) is 1.04. The molecule has 0 amide bonds. The molecule has 0 aromatic carbocycles. The minimum atomic E-state index is -0.318. The van der Waals surface area contributed by atoms with Gasteiger partial charge in [-0.05, 0) is 65.1 Å². The van der Waals surface area contributed by atoms with Gasteiger partial charge in [-0.3, -0.25) is 4.79 Å². The molecule has 1 heterocycles. The van der Waals surface area contributed by atoms with E-state index in [2.05, 4.69) is 17.0 Å². The van der Waals surface area contributed by atoms with Crippen molar-refractivity contribution in [3.8, 4) is 0 Å². The Labute approximate surface area is 116 Å². The number of carbonyl (C=O) groups is 1. The van der Waals surface area contributed by atoms with Crippen LogP contribution in [-0.2, 0) is 9.53 Å². The van der Waals surface area contributed by atoms with Crippen molar-refractivity contribution in [1.29, 1.82) is 0 Å². The zero-order chi connectivity index (χ0) is 14.9. The van der Waals surface area contributed by atoms with E-state index in [9.17, 15) is 9.90 Å². The van der Waals surface area contributed by atoms with E-state index < -0.39 is 0 Å². The minimum Gasteiger partial charge on any atom is -0.462 e. The molecule has 1 unspecified atom stereocenters. The number of aliphatic hydroxyl groups excluding tert-OH is 1. The van der Waals surface area contributed by atoms with E-state index in [1.54, 1.807) is 0 Å². The molecular formula is C14H30N2O3. The highest BCUT2D eigenvalue weighted by Crippen LogP contribution is 2.33. The Morgan fingerprint density at radius 2 is 1.95 bits per heavy atom. The summed E-state index contributed by atoms with van der Waals surface area (Å²) in [6.45, 7) is 10.7. The zero-order valence-corrected chi connectivity index (χ0v) is 12.7. The van der Waals surface area contributed by atoms with Gasteiger partial charge in [-0.2, -0.15) is 0 Å². The maximum Gasteiger partial charge on any atom is 0.293 e. The van der Waals surface area contributed by atoms with Crippen LogP contribution in [0.2, 0.25) is 0 Å². The SMILES string of the molecule is CC(C)(C)OC=O.CC1(C(O)CCN)CCNCC1. The highest BCUT2D eigenvalue weighted by atomic mass is 16.5. The Bertz CT molecular complexity index is 246. The van der Waals surface area contributed by atoms with Crippen LogP contribution >= 0.6 is 0 Å². The Morgan fingerprint density at radius 1 is 1.42 bits per heavy atom. The van der Waals surface area contributed by atoms with Crippen LogP contribution in [0, 0.1) is 5.41 Å². The molecule has 1 rings (SSSR count). The second kappa shape index (κ2) is 8.51. The van der Waals surface area contributed by atoms with Crippen LogP contribution in [0.25, 0.3) is 0 Å². The largest absolute Gasteiger partial charge is 0.462 e. The molecule has 1 saturated heterocycles. The first kappa shape index (κ1) is 18.4. The normalized spacial score (nSPS) is 19.9. The fourth-order valence-electron chi connectivity index (χ4n) is 1.98. The van der Waals surface area contributed by atoms with Crippen LogP contribution in [0.5, 0.6) is 0 Å². The number of ether oxygens (including phenoxy) is 1. The molecule has 0 radical (unpaired) electrons. The molecule has 1 aliphatic heterocycles. The highest BCUT2D eigenvalue weighted by Gasteiger charge is 2.33. The second-order valence-corrected chi connectivity index (χ2v) is 6.32. The van der Waals surface area contributed by atoms with Gasteiger partial charge in [-0.1, -0.05) is 6.92 Å². The van der Waals surface area contributed by atoms with E-state index in [4.69, 9.17) is 5.73 Å². The molecule has 0 aromatic rings. The van der Waals surface area contributed by atoms with Gasteiger partial charge in [0.15, 0.2) is 0 Å². The van der Waals surface area contributed by atoms with Crippen molar-refractivity contribution in [1.82, 2.24) is 5.32 Å². The van der Waals surface area contributed by atoms with Gasteiger partial charge in [0.2, 0.25) is 0 Å². The number of hydrogen-bond donors (Lipinski definition) is 3. The van der Waals surface area contributed by atoms with Gasteiger partial charge in [0, 0.05) is 0 Å². The lowest BCUT2D eigenvalue weighted by molar-refractivity contribution is -0.138. The third kappa shape index (κ3) is 8.18. The first-order chi connectivity index (χ1) is 8.75. The molecule has 19 heavy (non-hydrogen) atoms. The van der Waals surface area contributed by atoms with Crippen molar-refractivity contribution in [3.63, 3.8) is 0 Å². The summed E-state index contributed by atoms with van der Waals surface area (Å²) < 4.78 is 4.55. The van der Waals surface area contributed by atoms with E-state index in [0.29, 0.717) is 13.0 Å². The Morgan fingerprint density at radius 3 is 2.26 bits per heavy atom. The van der Waals surface area contributed by atoms with Gasteiger partial charge in [0.25, 0.3) is 6.47 Å². The fraction of sp³-hybridized carbons (Fsp3) is 0.929. The average Bonchev–Trinajstić information content (AvgIpc) is 2.29. The van der Waals surface area contributed by atoms with E-state index in [-0.39, 0.29) is 17.1 Å². The van der Waals surface area contributed by atoms with Crippen molar-refractivity contribution < 1.29 is 14.6 Å². The molecule has 5 heteroatoms. The smallest absolute Gasteiger partial charge is 0.293 e. The quantitative estimate of drug-likeness (QED) is 0.667. The summed E-state index contributed by atoms with van der Waals surface area (Å²) in [4.78, 5) is 9.60. The lowest BCUT2D eigenvalue weighted by Gasteiger charge is -2.38. The topological polar surface area (TPSA) is 84.6 Å². The first-order valence-electron chi connectivity index (χ1n) is 6.95. The molecule has 1 fully saturated rings. The number of hydrogen-bond acceptors (Lipinski definition) is 5. The van der Waals surface area contributed by atoms with Gasteiger partial charge in [-0.25, -0.2) is 0 Å². The summed E-state index contributed by atoms with van der Waals surface area (Å²) in [5.41, 5.74) is 5.20. The van der Waals surface area contributed by atoms with Crippen LogP contribution in [0.4, 0.5) is 0 Å². The van der Waals surface area contributed by atoms with Crippen LogP contribution in [0.15, 0.2) is 0 Å².